The van der Waals surface area contributed by atoms with E-state index in [1.54, 1.807) is 18.3 Å². The van der Waals surface area contributed by atoms with Crippen molar-refractivity contribution < 1.29 is 9.90 Å². The van der Waals surface area contributed by atoms with Crippen LogP contribution in [-0.2, 0) is 6.61 Å². The number of hydrazone groups is 1. The van der Waals surface area contributed by atoms with Crippen LogP contribution in [0.3, 0.4) is 0 Å². The van der Waals surface area contributed by atoms with Crippen molar-refractivity contribution in [3.8, 4) is 0 Å². The lowest BCUT2D eigenvalue weighted by molar-refractivity contribution is 0.0954. The number of aromatic nitrogens is 1. The van der Waals surface area contributed by atoms with Crippen molar-refractivity contribution in [1.29, 1.82) is 0 Å². The highest BCUT2D eigenvalue weighted by Crippen LogP contribution is 2.00. The SMILES string of the molecule is CCCCC=NNC(=O)c1ccc(CO)nc1. The van der Waals surface area contributed by atoms with Crippen molar-refractivity contribution in [2.24, 2.45) is 5.10 Å². The molecule has 5 nitrogen and oxygen atoms in total. The molecule has 92 valence electrons. The average Bonchev–Trinajstić information content (AvgIpc) is 2.38. The summed E-state index contributed by atoms with van der Waals surface area (Å²) in [4.78, 5) is 15.5. The Morgan fingerprint density at radius 2 is 2.41 bits per heavy atom. The van der Waals surface area contributed by atoms with Gasteiger partial charge in [0.25, 0.3) is 5.91 Å². The zero-order chi connectivity index (χ0) is 12.5. The van der Waals surface area contributed by atoms with E-state index in [0.29, 0.717) is 11.3 Å². The van der Waals surface area contributed by atoms with Crippen molar-refractivity contribution in [2.45, 2.75) is 32.8 Å². The van der Waals surface area contributed by atoms with E-state index >= 15 is 0 Å². The van der Waals surface area contributed by atoms with Gasteiger partial charge in [-0.15, -0.1) is 0 Å². The predicted octanol–water partition coefficient (Wildman–Crippen LogP) is 1.48. The van der Waals surface area contributed by atoms with Crippen LogP contribution >= 0.6 is 0 Å². The number of aliphatic hydroxyl groups is 1. The zero-order valence-electron chi connectivity index (χ0n) is 9.89. The second-order valence-corrected chi connectivity index (χ2v) is 3.59. The van der Waals surface area contributed by atoms with Gasteiger partial charge in [-0.3, -0.25) is 9.78 Å². The van der Waals surface area contributed by atoms with Crippen LogP contribution in [0.4, 0.5) is 0 Å². The molecule has 0 aromatic carbocycles. The molecule has 0 bridgehead atoms. The number of pyridine rings is 1. The third kappa shape index (κ3) is 4.74. The van der Waals surface area contributed by atoms with Crippen LogP contribution in [0.5, 0.6) is 0 Å². The highest BCUT2D eigenvalue weighted by molar-refractivity contribution is 5.93. The van der Waals surface area contributed by atoms with E-state index in [1.165, 1.54) is 6.20 Å². The van der Waals surface area contributed by atoms with Crippen molar-refractivity contribution in [2.75, 3.05) is 0 Å². The van der Waals surface area contributed by atoms with Gasteiger partial charge in [-0.05, 0) is 25.0 Å². The molecule has 0 unspecified atom stereocenters. The third-order valence-electron chi connectivity index (χ3n) is 2.19. The van der Waals surface area contributed by atoms with Gasteiger partial charge in [-0.25, -0.2) is 5.43 Å². The number of unbranched alkanes of at least 4 members (excludes halogenated alkanes) is 2. The van der Waals surface area contributed by atoms with Gasteiger partial charge in [0.1, 0.15) is 0 Å². The Kier molecular flexibility index (Phi) is 5.88. The van der Waals surface area contributed by atoms with Crippen LogP contribution in [0.2, 0.25) is 0 Å². The molecule has 5 heteroatoms. The molecule has 0 aliphatic carbocycles. The number of hydrogen-bond acceptors (Lipinski definition) is 4. The Balaban J connectivity index is 2.43. The number of aliphatic hydroxyl groups excluding tert-OH is 1. The number of amides is 1. The fourth-order valence-corrected chi connectivity index (χ4v) is 1.18. The van der Waals surface area contributed by atoms with Crippen molar-refractivity contribution in [3.05, 3.63) is 29.6 Å². The Morgan fingerprint density at radius 1 is 1.59 bits per heavy atom. The van der Waals surface area contributed by atoms with E-state index in [9.17, 15) is 4.79 Å². The van der Waals surface area contributed by atoms with Crippen molar-refractivity contribution >= 4 is 12.1 Å². The van der Waals surface area contributed by atoms with E-state index < -0.39 is 0 Å². The predicted molar refractivity (Wildman–Crippen MR) is 65.6 cm³/mol. The minimum atomic E-state index is -0.297. The number of hydrogen-bond donors (Lipinski definition) is 2. The van der Waals surface area contributed by atoms with Crippen LogP contribution in [0.1, 0.15) is 42.2 Å². The van der Waals surface area contributed by atoms with E-state index in [0.717, 1.165) is 19.3 Å². The lowest BCUT2D eigenvalue weighted by atomic mass is 10.2. The molecule has 1 rings (SSSR count). The lowest BCUT2D eigenvalue weighted by Crippen LogP contribution is -2.17. The van der Waals surface area contributed by atoms with Gasteiger partial charge in [0, 0.05) is 12.4 Å². The molecule has 0 saturated carbocycles. The first-order valence-corrected chi connectivity index (χ1v) is 5.65. The molecule has 1 amide bonds. The number of nitrogens with one attached hydrogen (secondary N) is 1. The van der Waals surface area contributed by atoms with Gasteiger partial charge in [0.05, 0.1) is 17.9 Å². The number of nitrogens with zero attached hydrogens (tertiary/aromatic N) is 2. The maximum atomic E-state index is 11.5. The molecule has 0 saturated heterocycles. The van der Waals surface area contributed by atoms with Gasteiger partial charge >= 0.3 is 0 Å². The molecule has 1 heterocycles. The normalized spacial score (nSPS) is 10.7. The average molecular weight is 235 g/mol. The van der Waals surface area contributed by atoms with Crippen LogP contribution in [0.15, 0.2) is 23.4 Å². The summed E-state index contributed by atoms with van der Waals surface area (Å²) >= 11 is 0. The van der Waals surface area contributed by atoms with Gasteiger partial charge in [0.15, 0.2) is 0 Å². The first-order chi connectivity index (χ1) is 8.27. The summed E-state index contributed by atoms with van der Waals surface area (Å²) in [5, 5.41) is 12.6. The summed E-state index contributed by atoms with van der Waals surface area (Å²) in [7, 11) is 0. The third-order valence-corrected chi connectivity index (χ3v) is 2.19. The van der Waals surface area contributed by atoms with Crippen LogP contribution in [0, 0.1) is 0 Å². The van der Waals surface area contributed by atoms with Gasteiger partial charge in [0.2, 0.25) is 0 Å². The molecule has 0 atom stereocenters. The molecular formula is C12H17N3O2. The minimum Gasteiger partial charge on any atom is -0.390 e. The maximum absolute atomic E-state index is 11.5. The van der Waals surface area contributed by atoms with Gasteiger partial charge in [-0.1, -0.05) is 13.3 Å². The summed E-state index contributed by atoms with van der Waals surface area (Å²) in [5.74, 6) is -0.297. The smallest absolute Gasteiger partial charge is 0.272 e. The van der Waals surface area contributed by atoms with E-state index in [1.807, 2.05) is 0 Å². The molecular weight excluding hydrogens is 218 g/mol. The second kappa shape index (κ2) is 7.51. The first-order valence-electron chi connectivity index (χ1n) is 5.65. The summed E-state index contributed by atoms with van der Waals surface area (Å²) < 4.78 is 0. The number of rotatable bonds is 6. The molecule has 0 fully saturated rings. The Morgan fingerprint density at radius 3 is 3.00 bits per heavy atom. The molecule has 0 aliphatic rings. The van der Waals surface area contributed by atoms with E-state index in [2.05, 4.69) is 22.4 Å². The Labute approximate surface area is 101 Å². The molecule has 1 aromatic rings. The standard InChI is InChI=1S/C12H17N3O2/c1-2-3-4-7-14-15-12(17)10-5-6-11(9-16)13-8-10/h5-8,16H,2-4,9H2,1H3,(H,15,17). The largest absolute Gasteiger partial charge is 0.390 e. The highest BCUT2D eigenvalue weighted by Gasteiger charge is 2.03. The summed E-state index contributed by atoms with van der Waals surface area (Å²) in [6, 6.07) is 3.21. The lowest BCUT2D eigenvalue weighted by Gasteiger charge is -2.00. The first kappa shape index (κ1) is 13.3. The van der Waals surface area contributed by atoms with Crippen LogP contribution in [-0.4, -0.2) is 22.2 Å². The minimum absolute atomic E-state index is 0.128. The Bertz CT molecular complexity index is 374. The maximum Gasteiger partial charge on any atom is 0.272 e. The van der Waals surface area contributed by atoms with Crippen LogP contribution < -0.4 is 5.43 Å². The molecule has 0 aliphatic heterocycles. The van der Waals surface area contributed by atoms with Crippen molar-refractivity contribution in [3.63, 3.8) is 0 Å². The molecule has 1 aromatic heterocycles. The van der Waals surface area contributed by atoms with Gasteiger partial charge in [-0.2, -0.15) is 5.10 Å². The van der Waals surface area contributed by atoms with E-state index in [-0.39, 0.29) is 12.5 Å². The molecule has 0 spiro atoms. The fourth-order valence-electron chi connectivity index (χ4n) is 1.18. The van der Waals surface area contributed by atoms with Crippen molar-refractivity contribution in [1.82, 2.24) is 10.4 Å². The second-order valence-electron chi connectivity index (χ2n) is 3.59. The summed E-state index contributed by atoms with van der Waals surface area (Å²) in [5.41, 5.74) is 3.38. The quantitative estimate of drug-likeness (QED) is 0.445. The van der Waals surface area contributed by atoms with Crippen LogP contribution in [0.25, 0.3) is 0 Å². The molecule has 17 heavy (non-hydrogen) atoms. The van der Waals surface area contributed by atoms with Gasteiger partial charge < -0.3 is 5.11 Å². The highest BCUT2D eigenvalue weighted by atomic mass is 16.3. The summed E-state index contributed by atoms with van der Waals surface area (Å²) in [6.07, 6.45) is 6.14. The molecule has 0 radical (unpaired) electrons. The van der Waals surface area contributed by atoms with E-state index in [4.69, 9.17) is 5.11 Å². The fraction of sp³-hybridized carbons (Fsp3) is 0.417. The monoisotopic (exact) mass is 235 g/mol. The molecule has 2 N–H and O–H groups in total. The summed E-state index contributed by atoms with van der Waals surface area (Å²) in [6.45, 7) is 1.97. The Hall–Kier alpha value is -1.75. The number of carbonyl (C=O) groups excluding carboxylic acids is 1. The number of carbonyl (C=O) groups is 1. The zero-order valence-corrected chi connectivity index (χ0v) is 9.89. The topological polar surface area (TPSA) is 74.6 Å².